The van der Waals surface area contributed by atoms with Crippen LogP contribution in [-0.4, -0.2) is 45.2 Å². The molecule has 1 atom stereocenters. The van der Waals surface area contributed by atoms with Gasteiger partial charge < -0.3 is 19.5 Å². The van der Waals surface area contributed by atoms with Crippen LogP contribution in [0.1, 0.15) is 48.0 Å². The van der Waals surface area contributed by atoms with Crippen LogP contribution in [0.25, 0.3) is 0 Å². The molecule has 29 heavy (non-hydrogen) atoms. The fourth-order valence-electron chi connectivity index (χ4n) is 3.81. The van der Waals surface area contributed by atoms with Gasteiger partial charge in [0.2, 0.25) is 0 Å². The largest absolute Gasteiger partial charge is 0.465 e. The lowest BCUT2D eigenvalue weighted by Crippen LogP contribution is -2.34. The van der Waals surface area contributed by atoms with E-state index >= 15 is 0 Å². The zero-order valence-electron chi connectivity index (χ0n) is 16.9. The smallest absolute Gasteiger partial charge is 0.337 e. The van der Waals surface area contributed by atoms with E-state index in [2.05, 4.69) is 5.32 Å². The van der Waals surface area contributed by atoms with E-state index in [0.717, 1.165) is 24.1 Å². The molecule has 0 fully saturated rings. The molecular formula is C22H25NO6. The van der Waals surface area contributed by atoms with E-state index in [1.165, 1.54) is 14.2 Å². The molecule has 0 saturated carbocycles. The van der Waals surface area contributed by atoms with Gasteiger partial charge in [0.05, 0.1) is 24.9 Å². The van der Waals surface area contributed by atoms with Gasteiger partial charge in [-0.3, -0.25) is 4.79 Å². The highest BCUT2D eigenvalue weighted by molar-refractivity contribution is 6.03. The molecule has 2 aliphatic rings. The van der Waals surface area contributed by atoms with Crippen molar-refractivity contribution in [3.63, 3.8) is 0 Å². The Morgan fingerprint density at radius 3 is 2.45 bits per heavy atom. The van der Waals surface area contributed by atoms with Crippen LogP contribution in [0, 0.1) is 0 Å². The first-order valence-corrected chi connectivity index (χ1v) is 9.56. The summed E-state index contributed by atoms with van der Waals surface area (Å²) in [6, 6.07) is 6.79. The molecule has 1 aliphatic carbocycles. The van der Waals surface area contributed by atoms with E-state index in [9.17, 15) is 14.4 Å². The van der Waals surface area contributed by atoms with Crippen molar-refractivity contribution in [2.75, 3.05) is 27.4 Å². The van der Waals surface area contributed by atoms with Gasteiger partial charge in [0, 0.05) is 36.4 Å². The Balaban J connectivity index is 2.03. The number of dihydropyridines is 1. The second kappa shape index (κ2) is 9.05. The number of ether oxygens (including phenoxy) is 3. The van der Waals surface area contributed by atoms with Crippen LogP contribution in [0.15, 0.2) is 46.8 Å². The van der Waals surface area contributed by atoms with Crippen molar-refractivity contribution in [2.24, 2.45) is 0 Å². The third-order valence-corrected chi connectivity index (χ3v) is 5.18. The Morgan fingerprint density at radius 2 is 1.79 bits per heavy atom. The molecule has 0 saturated heterocycles. The van der Waals surface area contributed by atoms with E-state index < -0.39 is 17.9 Å². The molecule has 1 heterocycles. The Hall–Kier alpha value is -2.93. The maximum Gasteiger partial charge on any atom is 0.337 e. The minimum atomic E-state index is -0.541. The molecule has 3 rings (SSSR count). The lowest BCUT2D eigenvalue weighted by atomic mass is 9.75. The van der Waals surface area contributed by atoms with Crippen molar-refractivity contribution in [1.29, 1.82) is 0 Å². The molecule has 0 spiro atoms. The van der Waals surface area contributed by atoms with Crippen LogP contribution >= 0.6 is 0 Å². The normalized spacial score (nSPS) is 18.9. The van der Waals surface area contributed by atoms with Crippen LogP contribution in [0.4, 0.5) is 0 Å². The average Bonchev–Trinajstić information content (AvgIpc) is 2.72. The second-order valence-electron chi connectivity index (χ2n) is 7.01. The molecule has 0 radical (unpaired) electrons. The zero-order valence-corrected chi connectivity index (χ0v) is 16.9. The summed E-state index contributed by atoms with van der Waals surface area (Å²) in [5, 5.41) is 3.24. The van der Waals surface area contributed by atoms with Gasteiger partial charge in [-0.25, -0.2) is 9.59 Å². The van der Waals surface area contributed by atoms with Crippen molar-refractivity contribution in [3.05, 3.63) is 57.9 Å². The number of esters is 2. The van der Waals surface area contributed by atoms with Gasteiger partial charge in [0.15, 0.2) is 5.78 Å². The summed E-state index contributed by atoms with van der Waals surface area (Å²) in [5.41, 5.74) is 3.68. The van der Waals surface area contributed by atoms with E-state index in [0.29, 0.717) is 28.8 Å². The van der Waals surface area contributed by atoms with Gasteiger partial charge in [0.25, 0.3) is 0 Å². The molecule has 7 nitrogen and oxygen atoms in total. The number of carbonyl (C=O) groups is 3. The summed E-state index contributed by atoms with van der Waals surface area (Å²) >= 11 is 0. The summed E-state index contributed by atoms with van der Waals surface area (Å²) < 4.78 is 15.1. The second-order valence-corrected chi connectivity index (χ2v) is 7.01. The van der Waals surface area contributed by atoms with Gasteiger partial charge in [0.1, 0.15) is 6.61 Å². The van der Waals surface area contributed by atoms with Crippen molar-refractivity contribution >= 4 is 17.7 Å². The minimum absolute atomic E-state index is 0.0236. The average molecular weight is 399 g/mol. The van der Waals surface area contributed by atoms with Crippen LogP contribution in [0.3, 0.4) is 0 Å². The molecule has 7 heteroatoms. The summed E-state index contributed by atoms with van der Waals surface area (Å²) in [6.45, 7) is 2.22. The zero-order chi connectivity index (χ0) is 21.0. The topological polar surface area (TPSA) is 90.9 Å². The maximum atomic E-state index is 12.9. The van der Waals surface area contributed by atoms with Crippen molar-refractivity contribution in [1.82, 2.24) is 5.32 Å². The number of Topliss-reactive ketones (excluding diaryl/α,β-unsaturated/α-hetero) is 1. The van der Waals surface area contributed by atoms with Gasteiger partial charge in [-0.15, -0.1) is 0 Å². The van der Waals surface area contributed by atoms with Gasteiger partial charge in [-0.05, 0) is 37.5 Å². The fourth-order valence-corrected chi connectivity index (χ4v) is 3.81. The number of benzene rings is 1. The lowest BCUT2D eigenvalue weighted by Gasteiger charge is -2.34. The predicted octanol–water partition coefficient (Wildman–Crippen LogP) is 2.63. The predicted molar refractivity (Wildman–Crippen MR) is 105 cm³/mol. The molecule has 1 unspecified atom stereocenters. The van der Waals surface area contributed by atoms with Gasteiger partial charge >= 0.3 is 11.9 Å². The van der Waals surface area contributed by atoms with Crippen LogP contribution in [0.2, 0.25) is 0 Å². The molecule has 0 aromatic heterocycles. The summed E-state index contributed by atoms with van der Waals surface area (Å²) in [6.07, 6.45) is 1.98. The molecule has 0 bridgehead atoms. The van der Waals surface area contributed by atoms with Gasteiger partial charge in [-0.1, -0.05) is 12.1 Å². The molecule has 1 aliphatic heterocycles. The Kier molecular flexibility index (Phi) is 6.49. The fraction of sp³-hybridized carbons (Fsp3) is 0.409. The summed E-state index contributed by atoms with van der Waals surface area (Å²) in [4.78, 5) is 37.4. The molecule has 154 valence electrons. The number of hydrogen-bond donors (Lipinski definition) is 1. The maximum absolute atomic E-state index is 12.9. The summed E-state index contributed by atoms with van der Waals surface area (Å²) in [5.74, 6) is -1.45. The SMILES string of the molecule is COCCOC(=O)C1=C(C)NC2=C(C(=O)CCC2)C1c1ccc(C(=O)OC)cc1. The van der Waals surface area contributed by atoms with E-state index in [1.807, 2.05) is 6.92 Å². The van der Waals surface area contributed by atoms with Gasteiger partial charge in [-0.2, -0.15) is 0 Å². The molecule has 1 aromatic rings. The Morgan fingerprint density at radius 1 is 1.07 bits per heavy atom. The highest BCUT2D eigenvalue weighted by Gasteiger charge is 2.39. The van der Waals surface area contributed by atoms with Crippen LogP contribution < -0.4 is 5.32 Å². The monoisotopic (exact) mass is 399 g/mol. The number of methoxy groups -OCH3 is 2. The van der Waals surface area contributed by atoms with Crippen LogP contribution in [-0.2, 0) is 23.8 Å². The highest BCUT2D eigenvalue weighted by Crippen LogP contribution is 2.42. The lowest BCUT2D eigenvalue weighted by molar-refractivity contribution is -0.140. The highest BCUT2D eigenvalue weighted by atomic mass is 16.6. The quantitative estimate of drug-likeness (QED) is 0.581. The number of allylic oxidation sites excluding steroid dienone is 3. The van der Waals surface area contributed by atoms with E-state index in [4.69, 9.17) is 14.2 Å². The number of hydrogen-bond acceptors (Lipinski definition) is 7. The first kappa shape index (κ1) is 20.8. The molecule has 0 amide bonds. The number of ketones is 1. The third kappa shape index (κ3) is 4.24. The standard InChI is InChI=1S/C22H25NO6/c1-13-18(22(26)29-12-11-27-2)19(20-16(23-13)5-4-6-17(20)24)14-7-9-15(10-8-14)21(25)28-3/h7-10,19,23H,4-6,11-12H2,1-3H3. The van der Waals surface area contributed by atoms with Crippen molar-refractivity contribution < 1.29 is 28.6 Å². The number of rotatable bonds is 6. The Labute approximate surface area is 169 Å². The third-order valence-electron chi connectivity index (χ3n) is 5.18. The van der Waals surface area contributed by atoms with Crippen molar-refractivity contribution in [2.45, 2.75) is 32.1 Å². The molecular weight excluding hydrogens is 374 g/mol. The summed E-state index contributed by atoms with van der Waals surface area (Å²) in [7, 11) is 2.85. The van der Waals surface area contributed by atoms with E-state index in [-0.39, 0.29) is 19.0 Å². The van der Waals surface area contributed by atoms with E-state index in [1.54, 1.807) is 24.3 Å². The number of carbonyl (C=O) groups excluding carboxylic acids is 3. The number of nitrogens with one attached hydrogen (secondary N) is 1. The molecule has 1 aromatic carbocycles. The van der Waals surface area contributed by atoms with Crippen molar-refractivity contribution in [3.8, 4) is 0 Å². The first-order chi connectivity index (χ1) is 14.0. The first-order valence-electron chi connectivity index (χ1n) is 9.56. The minimum Gasteiger partial charge on any atom is -0.465 e. The molecule has 1 N–H and O–H groups in total. The Bertz CT molecular complexity index is 881. The van der Waals surface area contributed by atoms with Crippen LogP contribution in [0.5, 0.6) is 0 Å².